The number of ether oxygens (including phenoxy) is 1. The summed E-state index contributed by atoms with van der Waals surface area (Å²) in [7, 11) is 0. The molecule has 0 radical (unpaired) electrons. The molecule has 0 fully saturated rings. The van der Waals surface area contributed by atoms with Gasteiger partial charge in [0.25, 0.3) is 0 Å². The Bertz CT molecular complexity index is 3110. The van der Waals surface area contributed by atoms with E-state index < -0.39 is 0 Å². The van der Waals surface area contributed by atoms with Crippen LogP contribution in [-0.2, 0) is 31.9 Å². The van der Waals surface area contributed by atoms with Crippen LogP contribution in [-0.4, -0.2) is 28.0 Å². The molecule has 0 bridgehead atoms. The number of aryl methyl sites for hydroxylation is 1. The minimum atomic E-state index is -0.308. The van der Waals surface area contributed by atoms with E-state index in [0.29, 0.717) is 52.9 Å². The van der Waals surface area contributed by atoms with E-state index in [1.165, 1.54) is 61.1 Å². The maximum Gasteiger partial charge on any atom is 2.00 e. The van der Waals surface area contributed by atoms with Crippen LogP contribution in [0.15, 0.2) is 90.1 Å². The second-order valence-corrected chi connectivity index (χ2v) is 24.2. The number of benzene rings is 5. The number of pyridine rings is 1. The number of rotatable bonds is 12. The molecule has 0 spiro atoms. The van der Waals surface area contributed by atoms with Crippen molar-refractivity contribution in [2.75, 3.05) is 11.4 Å². The maximum absolute atomic E-state index is 7.34. The van der Waals surface area contributed by atoms with E-state index in [4.69, 9.17) is 14.7 Å². The fourth-order valence-corrected chi connectivity index (χ4v) is 12.1. The monoisotopic (exact) mass is 1130 g/mol. The van der Waals surface area contributed by atoms with Crippen molar-refractivity contribution in [3.8, 4) is 28.3 Å². The van der Waals surface area contributed by atoms with E-state index in [0.717, 1.165) is 45.8 Å². The summed E-state index contributed by atoms with van der Waals surface area (Å²) in [5.74, 6) is 4.92. The van der Waals surface area contributed by atoms with Gasteiger partial charge in [0.05, 0.1) is 17.4 Å². The van der Waals surface area contributed by atoms with Crippen molar-refractivity contribution in [1.29, 1.82) is 0 Å². The molecule has 0 N–H and O–H groups in total. The summed E-state index contributed by atoms with van der Waals surface area (Å²) in [4.78, 5) is 13.5. The van der Waals surface area contributed by atoms with E-state index in [1.54, 1.807) is 0 Å². The molecule has 1 atom stereocenters. The number of para-hydroxylation sites is 1. The molecule has 0 aliphatic carbocycles. The molecule has 5 aromatic carbocycles. The van der Waals surface area contributed by atoms with Crippen LogP contribution in [0.4, 0.5) is 5.69 Å². The number of nitrogens with zero attached hydrogens (tertiary/aromatic N) is 4. The van der Waals surface area contributed by atoms with Crippen molar-refractivity contribution in [3.63, 3.8) is 0 Å². The topological polar surface area (TPSA) is 42.6 Å². The van der Waals surface area contributed by atoms with Gasteiger partial charge >= 0.3 is 21.1 Å². The first-order chi connectivity index (χ1) is 33.0. The quantitative estimate of drug-likeness (QED) is 0.115. The molecule has 7 aromatic rings. The fraction of sp³-hybridized carbons (Fsp3) is 0.446. The number of hydrogen-bond acceptors (Lipinski definition) is 4. The van der Waals surface area contributed by atoms with Gasteiger partial charge in [-0.15, -0.1) is 28.8 Å². The van der Waals surface area contributed by atoms with Gasteiger partial charge < -0.3 is 19.2 Å². The summed E-state index contributed by atoms with van der Waals surface area (Å²) in [6, 6.07) is 37.8. The van der Waals surface area contributed by atoms with Gasteiger partial charge in [0.2, 0.25) is 0 Å². The van der Waals surface area contributed by atoms with Crippen LogP contribution in [0.5, 0.6) is 11.5 Å². The number of aliphatic imine (C=N–C) groups is 1. The largest absolute Gasteiger partial charge is 2.00 e. The average Bonchev–Trinajstić information content (AvgIpc) is 3.87. The first-order valence-corrected chi connectivity index (χ1v) is 26.4. The summed E-state index contributed by atoms with van der Waals surface area (Å²) in [6.45, 7) is 42.7. The van der Waals surface area contributed by atoms with Crippen molar-refractivity contribution < 1.29 is 25.8 Å². The Morgan fingerprint density at radius 3 is 1.85 bits per heavy atom. The summed E-state index contributed by atoms with van der Waals surface area (Å²) >= 11 is 0. The molecule has 2 aliphatic rings. The molecule has 6 heteroatoms. The molecule has 0 unspecified atom stereocenters. The minimum Gasteiger partial charge on any atom is -0.503 e. The third kappa shape index (κ3) is 9.14. The van der Waals surface area contributed by atoms with Crippen LogP contribution in [0.25, 0.3) is 38.8 Å². The second kappa shape index (κ2) is 19.5. The minimum absolute atomic E-state index is 0. The van der Waals surface area contributed by atoms with E-state index in [2.05, 4.69) is 225 Å². The predicted octanol–water partition coefficient (Wildman–Crippen LogP) is 17.5. The maximum atomic E-state index is 7.34. The molecule has 71 heavy (non-hydrogen) atoms. The molecule has 2 aliphatic heterocycles. The van der Waals surface area contributed by atoms with Crippen LogP contribution >= 0.6 is 0 Å². The molecular formula is C65H78N4OPt. The first kappa shape index (κ1) is 52.3. The van der Waals surface area contributed by atoms with Gasteiger partial charge in [-0.2, -0.15) is 6.07 Å². The van der Waals surface area contributed by atoms with Gasteiger partial charge in [-0.25, -0.2) is 4.98 Å². The number of hydrogen-bond donors (Lipinski definition) is 0. The zero-order chi connectivity index (χ0) is 50.5. The Kier molecular flexibility index (Phi) is 14.3. The normalized spacial score (nSPS) is 15.6. The van der Waals surface area contributed by atoms with Crippen LogP contribution in [0.1, 0.15) is 191 Å². The van der Waals surface area contributed by atoms with Crippen LogP contribution in [0, 0.1) is 36.8 Å². The molecule has 374 valence electrons. The molecule has 9 rings (SSSR count). The van der Waals surface area contributed by atoms with Gasteiger partial charge in [0.1, 0.15) is 5.65 Å². The zero-order valence-electron chi connectivity index (χ0n) is 45.9. The molecular weight excluding hydrogens is 1050 g/mol. The van der Waals surface area contributed by atoms with Gasteiger partial charge in [-0.05, 0) is 109 Å². The van der Waals surface area contributed by atoms with Gasteiger partial charge in [-0.1, -0.05) is 190 Å². The molecule has 0 saturated heterocycles. The fourth-order valence-electron chi connectivity index (χ4n) is 12.1. The predicted molar refractivity (Wildman–Crippen MR) is 297 cm³/mol. The summed E-state index contributed by atoms with van der Waals surface area (Å²) in [5.41, 5.74) is 17.7. The van der Waals surface area contributed by atoms with Crippen LogP contribution < -0.4 is 9.64 Å². The number of aromatic nitrogens is 2. The molecule has 0 saturated carbocycles. The van der Waals surface area contributed by atoms with E-state index in [1.807, 2.05) is 6.20 Å². The summed E-state index contributed by atoms with van der Waals surface area (Å²) in [6.07, 6.45) is 1.91. The van der Waals surface area contributed by atoms with Gasteiger partial charge in [-0.3, -0.25) is 0 Å². The summed E-state index contributed by atoms with van der Waals surface area (Å²) < 4.78 is 9.69. The van der Waals surface area contributed by atoms with E-state index in [-0.39, 0.29) is 37.9 Å². The Hall–Kier alpha value is -4.99. The Morgan fingerprint density at radius 1 is 0.690 bits per heavy atom. The van der Waals surface area contributed by atoms with Crippen molar-refractivity contribution in [1.82, 2.24) is 9.55 Å². The Labute approximate surface area is 441 Å². The van der Waals surface area contributed by atoms with Crippen LogP contribution in [0.2, 0.25) is 0 Å². The molecule has 5 nitrogen and oxygen atoms in total. The smallest absolute Gasteiger partial charge is 0.503 e. The van der Waals surface area contributed by atoms with E-state index >= 15 is 0 Å². The third-order valence-corrected chi connectivity index (χ3v) is 15.7. The van der Waals surface area contributed by atoms with E-state index in [9.17, 15) is 0 Å². The Morgan fingerprint density at radius 2 is 1.28 bits per heavy atom. The van der Waals surface area contributed by atoms with Gasteiger partial charge in [0.15, 0.2) is 0 Å². The van der Waals surface area contributed by atoms with Crippen molar-refractivity contribution in [2.24, 2.45) is 22.7 Å². The number of amidine groups is 1. The standard InChI is InChI=1S/C65H78N4O.Pt/c1-36(2)47-22-19-23-48(37(3)4)59(47)43-29-44(62-67-55(58(40(9)10)41(11)12)35-68(62)60-49(38(5)6)24-20-25-50(60)39(7)8)31-46(30-43)70-57-34-56-53(28-42(57)13)65(17,18)54-33-45(64(14,15)16)32-52-51-26-21-27-66-63(51)69(56)61(52)54;/h19-30,32-33,36-41,55,58H,35H2,1-18H3;/q-2;+2/t55-;/m0./s1. The van der Waals surface area contributed by atoms with Gasteiger partial charge in [0, 0.05) is 40.7 Å². The first-order valence-electron chi connectivity index (χ1n) is 26.4. The van der Waals surface area contributed by atoms with Crippen molar-refractivity contribution in [3.05, 3.63) is 147 Å². The second-order valence-electron chi connectivity index (χ2n) is 24.2. The van der Waals surface area contributed by atoms with Crippen molar-refractivity contribution >= 4 is 33.5 Å². The molecule has 4 heterocycles. The van der Waals surface area contributed by atoms with Crippen LogP contribution in [0.3, 0.4) is 0 Å². The Balaban J connectivity index is 0.00000676. The number of fused-ring (bicyclic) bond motifs is 5. The zero-order valence-corrected chi connectivity index (χ0v) is 48.2. The SMILES string of the molecule is Cc1cc2c([c-]c1Oc1[c-]c(C3=N[C@H](C(C(C)C)C(C)C)CN3c3c(C(C)C)cccc3C(C)C)cc(-c3c(C(C)C)cccc3C(C)C)c1)-n1c3ncccc3c3cc(C(C)(C)C)cc(c31)C2(C)C.[Pt+2]. The molecule has 0 amide bonds. The molecule has 2 aromatic heterocycles. The summed E-state index contributed by atoms with van der Waals surface area (Å²) in [5, 5.41) is 2.38. The van der Waals surface area contributed by atoms with Crippen molar-refractivity contribution in [2.45, 2.75) is 165 Å². The number of anilines is 1. The third-order valence-electron chi connectivity index (χ3n) is 15.7. The average molecular weight is 1130 g/mol.